The number of fused-ring (bicyclic) bond motifs is 1. The fourth-order valence-corrected chi connectivity index (χ4v) is 2.88. The first-order valence-electron chi connectivity index (χ1n) is 7.83. The summed E-state index contributed by atoms with van der Waals surface area (Å²) in [6.07, 6.45) is 3.02. The van der Waals surface area contributed by atoms with Gasteiger partial charge in [-0.25, -0.2) is 4.39 Å². The molecule has 3 aromatic rings. The van der Waals surface area contributed by atoms with Crippen molar-refractivity contribution in [2.24, 2.45) is 0 Å². The van der Waals surface area contributed by atoms with Gasteiger partial charge in [-0.3, -0.25) is 14.9 Å². The van der Waals surface area contributed by atoms with Gasteiger partial charge in [0, 0.05) is 35.5 Å². The van der Waals surface area contributed by atoms with Crippen LogP contribution < -0.4 is 10.1 Å². The number of aromatic nitrogens is 3. The maximum atomic E-state index is 13.3. The van der Waals surface area contributed by atoms with Crippen molar-refractivity contribution in [3.63, 3.8) is 0 Å². The van der Waals surface area contributed by atoms with Crippen molar-refractivity contribution in [3.05, 3.63) is 59.7 Å². The fraction of sp³-hybridized carbons (Fsp3) is 0.167. The molecule has 126 valence electrons. The number of aromatic amines is 1. The molecule has 0 saturated carbocycles. The van der Waals surface area contributed by atoms with Crippen LogP contribution >= 0.6 is 0 Å². The monoisotopic (exact) mass is 338 g/mol. The van der Waals surface area contributed by atoms with E-state index >= 15 is 0 Å². The third-order valence-electron chi connectivity index (χ3n) is 4.21. The third-order valence-corrected chi connectivity index (χ3v) is 4.21. The van der Waals surface area contributed by atoms with Gasteiger partial charge in [-0.15, -0.1) is 0 Å². The first-order valence-corrected chi connectivity index (χ1v) is 7.83. The van der Waals surface area contributed by atoms with Crippen LogP contribution in [-0.4, -0.2) is 27.2 Å². The Bertz CT molecular complexity index is 940. The maximum Gasteiger partial charge on any atom is 0.267 e. The highest BCUT2D eigenvalue weighted by Gasteiger charge is 2.30. The fourth-order valence-electron chi connectivity index (χ4n) is 2.88. The van der Waals surface area contributed by atoms with Gasteiger partial charge in [0.05, 0.1) is 5.69 Å². The number of rotatable bonds is 3. The van der Waals surface area contributed by atoms with Crippen molar-refractivity contribution in [1.82, 2.24) is 15.2 Å². The van der Waals surface area contributed by atoms with E-state index in [2.05, 4.69) is 20.5 Å². The van der Waals surface area contributed by atoms with E-state index in [0.29, 0.717) is 23.6 Å². The molecule has 7 heteroatoms. The molecule has 25 heavy (non-hydrogen) atoms. The lowest BCUT2D eigenvalue weighted by atomic mass is 10.1. The molecule has 0 fully saturated rings. The molecule has 1 aliphatic heterocycles. The molecule has 0 spiro atoms. The minimum absolute atomic E-state index is 0.313. The number of amides is 1. The Labute approximate surface area is 143 Å². The topological polar surface area (TPSA) is 79.9 Å². The summed E-state index contributed by atoms with van der Waals surface area (Å²) in [4.78, 5) is 16.5. The zero-order chi connectivity index (χ0) is 17.4. The molecule has 0 saturated heterocycles. The van der Waals surface area contributed by atoms with E-state index < -0.39 is 6.10 Å². The molecular formula is C18H15FN4O2. The van der Waals surface area contributed by atoms with E-state index in [1.54, 1.807) is 18.5 Å². The molecule has 0 unspecified atom stereocenters. The Kier molecular flexibility index (Phi) is 3.68. The lowest BCUT2D eigenvalue weighted by Gasteiger charge is -2.10. The van der Waals surface area contributed by atoms with Gasteiger partial charge >= 0.3 is 0 Å². The Hall–Kier alpha value is -3.22. The largest absolute Gasteiger partial charge is 0.480 e. The van der Waals surface area contributed by atoms with Crippen LogP contribution in [0.25, 0.3) is 11.3 Å². The van der Waals surface area contributed by atoms with Crippen molar-refractivity contribution in [2.75, 3.05) is 5.32 Å². The van der Waals surface area contributed by atoms with Crippen LogP contribution in [-0.2, 0) is 11.2 Å². The summed E-state index contributed by atoms with van der Waals surface area (Å²) in [5.74, 6) is 0.335. The normalized spacial score (nSPS) is 15.5. The average molecular weight is 338 g/mol. The summed E-state index contributed by atoms with van der Waals surface area (Å²) in [5.41, 5.74) is 3.26. The van der Waals surface area contributed by atoms with E-state index in [1.165, 1.54) is 12.1 Å². The van der Waals surface area contributed by atoms with E-state index in [-0.39, 0.29) is 11.7 Å². The van der Waals surface area contributed by atoms with Gasteiger partial charge in [-0.1, -0.05) is 0 Å². The van der Waals surface area contributed by atoms with Crippen LogP contribution in [0.15, 0.2) is 42.7 Å². The number of hydrogen-bond acceptors (Lipinski definition) is 4. The van der Waals surface area contributed by atoms with Gasteiger partial charge in [0.15, 0.2) is 11.9 Å². The van der Waals surface area contributed by atoms with E-state index in [0.717, 1.165) is 16.8 Å². The van der Waals surface area contributed by atoms with Crippen LogP contribution in [0.3, 0.4) is 0 Å². The summed E-state index contributed by atoms with van der Waals surface area (Å²) in [6, 6.07) is 7.97. The molecule has 1 atom stereocenters. The highest BCUT2D eigenvalue weighted by Crippen LogP contribution is 2.30. The second-order valence-corrected chi connectivity index (χ2v) is 5.86. The molecule has 0 bridgehead atoms. The molecule has 1 aromatic carbocycles. The highest BCUT2D eigenvalue weighted by atomic mass is 19.1. The number of anilines is 1. The molecule has 2 aromatic heterocycles. The zero-order valence-corrected chi connectivity index (χ0v) is 13.4. The second kappa shape index (κ2) is 6.01. The van der Waals surface area contributed by atoms with Crippen molar-refractivity contribution < 1.29 is 13.9 Å². The lowest BCUT2D eigenvalue weighted by molar-refractivity contribution is -0.122. The SMILES string of the molecule is Cc1c(NC(=O)[C@H]2Cc3cc(F)ccc3O2)n[nH]c1-c1ccncc1. The summed E-state index contributed by atoms with van der Waals surface area (Å²) in [7, 11) is 0. The number of halogens is 1. The number of ether oxygens (including phenoxy) is 1. The van der Waals surface area contributed by atoms with E-state index in [9.17, 15) is 9.18 Å². The van der Waals surface area contributed by atoms with Gasteiger partial charge in [-0.05, 0) is 37.3 Å². The molecule has 0 aliphatic carbocycles. The maximum absolute atomic E-state index is 13.3. The van der Waals surface area contributed by atoms with Gasteiger partial charge in [-0.2, -0.15) is 5.10 Å². The quantitative estimate of drug-likeness (QED) is 0.769. The molecule has 4 rings (SSSR count). The van der Waals surface area contributed by atoms with Crippen molar-refractivity contribution in [3.8, 4) is 17.0 Å². The third kappa shape index (κ3) is 2.84. The molecule has 1 aliphatic rings. The van der Waals surface area contributed by atoms with Gasteiger partial charge in [0.2, 0.25) is 0 Å². The standard InChI is InChI=1S/C18H15FN4O2/c1-10-16(11-4-6-20-7-5-11)22-23-17(10)21-18(24)15-9-12-8-13(19)2-3-14(12)25-15/h2-8,15H,9H2,1H3,(H2,21,22,23,24)/t15-/m1/s1. The molecular weight excluding hydrogens is 323 g/mol. The van der Waals surface area contributed by atoms with Crippen LogP contribution in [0, 0.1) is 12.7 Å². The first kappa shape index (κ1) is 15.3. The molecule has 6 nitrogen and oxygen atoms in total. The minimum atomic E-state index is -0.697. The molecule has 2 N–H and O–H groups in total. The minimum Gasteiger partial charge on any atom is -0.480 e. The summed E-state index contributed by atoms with van der Waals surface area (Å²) in [6.45, 7) is 1.87. The number of H-pyrrole nitrogens is 1. The Balaban J connectivity index is 1.50. The molecule has 0 radical (unpaired) electrons. The smallest absolute Gasteiger partial charge is 0.267 e. The van der Waals surface area contributed by atoms with Gasteiger partial charge in [0.25, 0.3) is 5.91 Å². The number of benzene rings is 1. The van der Waals surface area contributed by atoms with E-state index in [4.69, 9.17) is 4.74 Å². The lowest BCUT2D eigenvalue weighted by Crippen LogP contribution is -2.31. The number of carbonyl (C=O) groups is 1. The predicted octanol–water partition coefficient (Wildman–Crippen LogP) is 2.86. The number of nitrogens with zero attached hydrogens (tertiary/aromatic N) is 2. The number of pyridine rings is 1. The number of carbonyl (C=O) groups excluding carboxylic acids is 1. The van der Waals surface area contributed by atoms with Crippen LogP contribution in [0.5, 0.6) is 5.75 Å². The Morgan fingerprint density at radius 2 is 2.12 bits per heavy atom. The van der Waals surface area contributed by atoms with Crippen LogP contribution in [0.2, 0.25) is 0 Å². The highest BCUT2D eigenvalue weighted by molar-refractivity contribution is 5.95. The van der Waals surface area contributed by atoms with Crippen molar-refractivity contribution >= 4 is 11.7 Å². The zero-order valence-electron chi connectivity index (χ0n) is 13.4. The Morgan fingerprint density at radius 3 is 2.92 bits per heavy atom. The number of hydrogen-bond donors (Lipinski definition) is 2. The molecule has 1 amide bonds. The second-order valence-electron chi connectivity index (χ2n) is 5.86. The number of nitrogens with one attached hydrogen (secondary N) is 2. The Morgan fingerprint density at radius 1 is 1.32 bits per heavy atom. The average Bonchev–Trinajstić information content (AvgIpc) is 3.19. The van der Waals surface area contributed by atoms with E-state index in [1.807, 2.05) is 19.1 Å². The van der Waals surface area contributed by atoms with Crippen LogP contribution in [0.4, 0.5) is 10.2 Å². The van der Waals surface area contributed by atoms with Crippen LogP contribution in [0.1, 0.15) is 11.1 Å². The summed E-state index contributed by atoms with van der Waals surface area (Å²) in [5, 5.41) is 9.88. The molecule has 3 heterocycles. The summed E-state index contributed by atoms with van der Waals surface area (Å²) < 4.78 is 18.9. The van der Waals surface area contributed by atoms with Gasteiger partial charge < -0.3 is 10.1 Å². The summed E-state index contributed by atoms with van der Waals surface area (Å²) >= 11 is 0. The van der Waals surface area contributed by atoms with Gasteiger partial charge in [0.1, 0.15) is 11.6 Å². The van der Waals surface area contributed by atoms with Crippen molar-refractivity contribution in [2.45, 2.75) is 19.4 Å². The first-order chi connectivity index (χ1) is 12.1. The van der Waals surface area contributed by atoms with Crippen molar-refractivity contribution in [1.29, 1.82) is 0 Å². The predicted molar refractivity (Wildman–Crippen MR) is 89.7 cm³/mol.